The summed E-state index contributed by atoms with van der Waals surface area (Å²) in [7, 11) is -4.04. The van der Waals surface area contributed by atoms with E-state index in [9.17, 15) is 18.3 Å². The lowest BCUT2D eigenvalue weighted by molar-refractivity contribution is -0.140. The first-order valence-corrected chi connectivity index (χ1v) is 14.0. The van der Waals surface area contributed by atoms with Crippen molar-refractivity contribution in [2.45, 2.75) is 28.6 Å². The van der Waals surface area contributed by atoms with Crippen molar-refractivity contribution in [3.63, 3.8) is 0 Å². The number of benzene rings is 2. The number of thiophene rings is 1. The molecule has 0 bridgehead atoms. The van der Waals surface area contributed by atoms with Crippen LogP contribution in [-0.4, -0.2) is 56.2 Å². The highest BCUT2D eigenvalue weighted by Crippen LogP contribution is 2.53. The van der Waals surface area contributed by atoms with Gasteiger partial charge in [-0.3, -0.25) is 9.69 Å². The Balaban J connectivity index is 1.38. The Kier molecular flexibility index (Phi) is 6.73. The maximum Gasteiger partial charge on any atom is 0.325 e. The second kappa shape index (κ2) is 9.65. The molecule has 184 valence electrons. The van der Waals surface area contributed by atoms with Crippen LogP contribution >= 0.6 is 22.9 Å². The van der Waals surface area contributed by atoms with Gasteiger partial charge in [0.15, 0.2) is 0 Å². The van der Waals surface area contributed by atoms with Crippen LogP contribution in [0.5, 0.6) is 0 Å². The van der Waals surface area contributed by atoms with Crippen LogP contribution < -0.4 is 4.72 Å². The third-order valence-electron chi connectivity index (χ3n) is 6.56. The first kappa shape index (κ1) is 24.4. The van der Waals surface area contributed by atoms with Gasteiger partial charge in [0.2, 0.25) is 0 Å². The lowest BCUT2D eigenvalue weighted by Crippen LogP contribution is -2.44. The third kappa shape index (κ3) is 5.02. The lowest BCUT2D eigenvalue weighted by atomic mass is 9.99. The van der Waals surface area contributed by atoms with Gasteiger partial charge >= 0.3 is 5.97 Å². The Morgan fingerprint density at radius 3 is 2.54 bits per heavy atom. The number of aliphatic carboxylic acids is 1. The number of carbonyl (C=O) groups is 1. The summed E-state index contributed by atoms with van der Waals surface area (Å²) in [5.41, 5.74) is 1.17. The number of nitrogens with one attached hydrogen (secondary N) is 1. The summed E-state index contributed by atoms with van der Waals surface area (Å²) in [6.07, 6.45) is 0.205. The van der Waals surface area contributed by atoms with Crippen molar-refractivity contribution in [3.05, 3.63) is 76.8 Å². The van der Waals surface area contributed by atoms with Gasteiger partial charge in [0.25, 0.3) is 10.0 Å². The number of carboxylic acid groups (broad SMARTS) is 1. The topological polar surface area (TPSA) is 95.9 Å². The van der Waals surface area contributed by atoms with E-state index in [4.69, 9.17) is 16.3 Å². The van der Waals surface area contributed by atoms with Crippen LogP contribution in [0.15, 0.2) is 64.9 Å². The molecule has 1 saturated heterocycles. The fourth-order valence-corrected chi connectivity index (χ4v) is 7.42. The van der Waals surface area contributed by atoms with Crippen molar-refractivity contribution in [1.29, 1.82) is 0 Å². The van der Waals surface area contributed by atoms with Crippen LogP contribution in [0.4, 0.5) is 0 Å². The molecule has 5 rings (SSSR count). The van der Waals surface area contributed by atoms with E-state index in [0.29, 0.717) is 24.8 Å². The fraction of sp³-hybridized carbons (Fsp3) is 0.320. The van der Waals surface area contributed by atoms with Crippen molar-refractivity contribution >= 4 is 38.9 Å². The molecule has 35 heavy (non-hydrogen) atoms. The normalized spacial score (nSPS) is 22.7. The third-order valence-corrected chi connectivity index (χ3v) is 9.95. The van der Waals surface area contributed by atoms with Gasteiger partial charge in [-0.2, -0.15) is 4.72 Å². The van der Waals surface area contributed by atoms with Crippen LogP contribution in [0.1, 0.15) is 23.5 Å². The number of carboxylic acids is 1. The molecular formula is C25H25ClN2O5S2. The molecular weight excluding hydrogens is 508 g/mol. The van der Waals surface area contributed by atoms with E-state index in [-0.39, 0.29) is 10.6 Å². The van der Waals surface area contributed by atoms with E-state index in [2.05, 4.69) is 9.62 Å². The molecule has 10 heteroatoms. The van der Waals surface area contributed by atoms with E-state index in [1.165, 1.54) is 6.07 Å². The Hall–Kier alpha value is -2.27. The number of hydrogen-bond donors (Lipinski definition) is 2. The van der Waals surface area contributed by atoms with Crippen molar-refractivity contribution in [3.8, 4) is 10.4 Å². The number of rotatable bonds is 8. The van der Waals surface area contributed by atoms with Gasteiger partial charge in [-0.25, -0.2) is 8.42 Å². The number of halogens is 1. The largest absolute Gasteiger partial charge is 0.480 e. The average Bonchev–Trinajstić information content (AvgIpc) is 3.32. The van der Waals surface area contributed by atoms with E-state index in [0.717, 1.165) is 46.0 Å². The van der Waals surface area contributed by atoms with Gasteiger partial charge in [0.05, 0.1) is 13.2 Å². The zero-order valence-electron chi connectivity index (χ0n) is 18.8. The summed E-state index contributed by atoms with van der Waals surface area (Å²) in [6.45, 7) is 3.63. The van der Waals surface area contributed by atoms with Crippen molar-refractivity contribution < 1.29 is 23.1 Å². The molecule has 1 aliphatic carbocycles. The minimum absolute atomic E-state index is 0.0790. The fourth-order valence-electron chi connectivity index (χ4n) is 4.57. The lowest BCUT2D eigenvalue weighted by Gasteiger charge is -2.27. The number of ether oxygens (including phenoxy) is 1. The minimum Gasteiger partial charge on any atom is -0.480 e. The van der Waals surface area contributed by atoms with Gasteiger partial charge in [-0.1, -0.05) is 48.0 Å². The molecule has 0 radical (unpaired) electrons. The number of morpholine rings is 1. The maximum atomic E-state index is 13.3. The molecule has 0 amide bonds. The Morgan fingerprint density at radius 2 is 1.83 bits per heavy atom. The molecule has 2 aliphatic rings. The van der Waals surface area contributed by atoms with E-state index >= 15 is 0 Å². The molecule has 3 aromatic rings. The number of hydrogen-bond acceptors (Lipinski definition) is 6. The Bertz CT molecular complexity index is 1340. The number of sulfonamides is 1. The molecule has 7 nitrogen and oxygen atoms in total. The molecule has 1 saturated carbocycles. The highest BCUT2D eigenvalue weighted by molar-refractivity contribution is 7.91. The second-order valence-electron chi connectivity index (χ2n) is 8.85. The van der Waals surface area contributed by atoms with Crippen LogP contribution in [0.3, 0.4) is 0 Å². The molecule has 2 heterocycles. The van der Waals surface area contributed by atoms with Crippen LogP contribution in [0.25, 0.3) is 10.4 Å². The molecule has 1 aromatic heterocycles. The van der Waals surface area contributed by atoms with Crippen molar-refractivity contribution in [2.24, 2.45) is 0 Å². The van der Waals surface area contributed by atoms with E-state index < -0.39 is 27.4 Å². The summed E-state index contributed by atoms with van der Waals surface area (Å²) in [4.78, 5) is 15.4. The van der Waals surface area contributed by atoms with Gasteiger partial charge < -0.3 is 9.84 Å². The standard InChI is InChI=1S/C25H25ClN2O5S2/c26-19-7-5-17(6-8-19)22-9-10-23(34-22)35(31,32)27-25(24(29)30)15-21(25)20-4-2-1-3-18(20)16-28-11-13-33-14-12-28/h1-10,21,27H,11-16H2,(H,29,30)/t21-,25?/m0/s1. The first-order valence-electron chi connectivity index (χ1n) is 11.3. The van der Waals surface area contributed by atoms with Crippen LogP contribution in [-0.2, 0) is 26.1 Å². The number of nitrogens with zero attached hydrogens (tertiary/aromatic N) is 1. The highest BCUT2D eigenvalue weighted by Gasteiger charge is 2.63. The quantitative estimate of drug-likeness (QED) is 0.451. The SMILES string of the molecule is O=C(O)C1(NS(=O)(=O)c2ccc(-c3ccc(Cl)cc3)s2)C[C@H]1c1ccccc1CN1CCOCC1. The smallest absolute Gasteiger partial charge is 0.325 e. The molecule has 2 atom stereocenters. The Morgan fingerprint density at radius 1 is 1.11 bits per heavy atom. The highest BCUT2D eigenvalue weighted by atomic mass is 35.5. The molecule has 1 unspecified atom stereocenters. The summed E-state index contributed by atoms with van der Waals surface area (Å²) >= 11 is 7.05. The first-order chi connectivity index (χ1) is 16.8. The van der Waals surface area contributed by atoms with Crippen LogP contribution in [0.2, 0.25) is 5.02 Å². The maximum absolute atomic E-state index is 13.3. The zero-order chi connectivity index (χ0) is 24.6. The van der Waals surface area contributed by atoms with Crippen LogP contribution in [0, 0.1) is 0 Å². The summed E-state index contributed by atoms with van der Waals surface area (Å²) in [5.74, 6) is -1.61. The zero-order valence-corrected chi connectivity index (χ0v) is 21.2. The van der Waals surface area contributed by atoms with E-state index in [1.807, 2.05) is 36.4 Å². The molecule has 2 N–H and O–H groups in total. The minimum atomic E-state index is -4.04. The van der Waals surface area contributed by atoms with Crippen molar-refractivity contribution in [2.75, 3.05) is 26.3 Å². The Labute approximate surface area is 213 Å². The average molecular weight is 533 g/mol. The predicted octanol–water partition coefficient (Wildman–Crippen LogP) is 4.19. The molecule has 1 aliphatic heterocycles. The van der Waals surface area contributed by atoms with Crippen molar-refractivity contribution in [1.82, 2.24) is 9.62 Å². The summed E-state index contributed by atoms with van der Waals surface area (Å²) in [6, 6.07) is 18.0. The summed E-state index contributed by atoms with van der Waals surface area (Å²) in [5, 5.41) is 10.7. The molecule has 2 aromatic carbocycles. The second-order valence-corrected chi connectivity index (χ2v) is 12.3. The van der Waals surface area contributed by atoms with Gasteiger partial charge in [0, 0.05) is 35.5 Å². The summed E-state index contributed by atoms with van der Waals surface area (Å²) < 4.78 is 34.6. The van der Waals surface area contributed by atoms with E-state index in [1.54, 1.807) is 18.2 Å². The van der Waals surface area contributed by atoms with Gasteiger partial charge in [0.1, 0.15) is 9.75 Å². The monoisotopic (exact) mass is 532 g/mol. The van der Waals surface area contributed by atoms with Gasteiger partial charge in [-0.05, 0) is 47.4 Å². The predicted molar refractivity (Wildman–Crippen MR) is 135 cm³/mol. The molecule has 2 fully saturated rings. The molecule has 0 spiro atoms. The van der Waals surface area contributed by atoms with Gasteiger partial charge in [-0.15, -0.1) is 11.3 Å².